The van der Waals surface area contributed by atoms with Gasteiger partial charge in [-0.3, -0.25) is 0 Å². The number of unbranched alkanes of at least 4 members (excludes halogenated alkanes) is 1. The molecular formula is C14H28N2. The Bertz CT molecular complexity index is 195. The highest BCUT2D eigenvalue weighted by atomic mass is 15.1. The van der Waals surface area contributed by atoms with Crippen molar-refractivity contribution in [2.45, 2.75) is 56.9 Å². The number of nitrogens with zero attached hydrogens (tertiary/aromatic N) is 1. The van der Waals surface area contributed by atoms with Crippen LogP contribution >= 0.6 is 0 Å². The Hall–Kier alpha value is -0.340. The summed E-state index contributed by atoms with van der Waals surface area (Å²) in [6.07, 6.45) is 12.0. The lowest BCUT2D eigenvalue weighted by Gasteiger charge is -2.34. The van der Waals surface area contributed by atoms with Gasteiger partial charge in [-0.2, -0.15) is 0 Å². The van der Waals surface area contributed by atoms with Gasteiger partial charge < -0.3 is 10.6 Å². The van der Waals surface area contributed by atoms with E-state index in [4.69, 9.17) is 5.73 Å². The molecule has 1 aliphatic rings. The molecule has 16 heavy (non-hydrogen) atoms. The molecule has 0 aromatic carbocycles. The molecule has 2 N–H and O–H groups in total. The normalized spacial score (nSPS) is 19.9. The SMILES string of the molecule is C=CCCCN(C)CCC1(N)CCCCC1. The second-order valence-corrected chi connectivity index (χ2v) is 5.41. The first-order valence-corrected chi connectivity index (χ1v) is 6.75. The topological polar surface area (TPSA) is 29.3 Å². The number of nitrogens with two attached hydrogens (primary N) is 1. The second kappa shape index (κ2) is 7.08. The molecule has 0 heterocycles. The van der Waals surface area contributed by atoms with Crippen LogP contribution in [0.2, 0.25) is 0 Å². The number of rotatable bonds is 7. The Morgan fingerprint density at radius 2 is 1.94 bits per heavy atom. The fourth-order valence-corrected chi connectivity index (χ4v) is 2.54. The summed E-state index contributed by atoms with van der Waals surface area (Å²) in [5.74, 6) is 0. The Kier molecular flexibility index (Phi) is 6.07. The highest BCUT2D eigenvalue weighted by Crippen LogP contribution is 2.28. The van der Waals surface area contributed by atoms with Crippen molar-refractivity contribution in [2.75, 3.05) is 20.1 Å². The van der Waals surface area contributed by atoms with Crippen molar-refractivity contribution < 1.29 is 0 Å². The lowest BCUT2D eigenvalue weighted by molar-refractivity contribution is 0.229. The first-order chi connectivity index (χ1) is 7.66. The van der Waals surface area contributed by atoms with Crippen LogP contribution in [0.3, 0.4) is 0 Å². The molecule has 2 heteroatoms. The minimum atomic E-state index is 0.144. The third kappa shape index (κ3) is 5.13. The monoisotopic (exact) mass is 224 g/mol. The largest absolute Gasteiger partial charge is 0.325 e. The number of allylic oxidation sites excluding steroid dienone is 1. The van der Waals surface area contributed by atoms with Crippen LogP contribution < -0.4 is 5.73 Å². The molecule has 0 radical (unpaired) electrons. The molecule has 0 saturated heterocycles. The Labute approximate surface area is 101 Å². The first kappa shape index (κ1) is 13.7. The van der Waals surface area contributed by atoms with Crippen molar-refractivity contribution in [3.05, 3.63) is 12.7 Å². The molecule has 0 aromatic rings. The second-order valence-electron chi connectivity index (χ2n) is 5.41. The molecule has 0 spiro atoms. The zero-order valence-corrected chi connectivity index (χ0v) is 10.9. The van der Waals surface area contributed by atoms with E-state index in [9.17, 15) is 0 Å². The molecular weight excluding hydrogens is 196 g/mol. The van der Waals surface area contributed by atoms with Crippen LogP contribution in [0.5, 0.6) is 0 Å². The van der Waals surface area contributed by atoms with E-state index in [2.05, 4.69) is 18.5 Å². The summed E-state index contributed by atoms with van der Waals surface area (Å²) < 4.78 is 0. The Morgan fingerprint density at radius 1 is 1.25 bits per heavy atom. The predicted octanol–water partition coefficient (Wildman–Crippen LogP) is 2.94. The zero-order valence-electron chi connectivity index (χ0n) is 10.9. The van der Waals surface area contributed by atoms with Crippen molar-refractivity contribution in [1.82, 2.24) is 4.90 Å². The highest BCUT2D eigenvalue weighted by molar-refractivity contribution is 4.87. The van der Waals surface area contributed by atoms with Gasteiger partial charge in [0.05, 0.1) is 0 Å². The Morgan fingerprint density at radius 3 is 2.56 bits per heavy atom. The molecule has 1 rings (SSSR count). The maximum atomic E-state index is 6.42. The van der Waals surface area contributed by atoms with E-state index in [0.29, 0.717) is 0 Å². The van der Waals surface area contributed by atoms with Crippen LogP contribution in [0, 0.1) is 0 Å². The fourth-order valence-electron chi connectivity index (χ4n) is 2.54. The summed E-state index contributed by atoms with van der Waals surface area (Å²) in [5.41, 5.74) is 6.56. The maximum Gasteiger partial charge on any atom is 0.0166 e. The highest BCUT2D eigenvalue weighted by Gasteiger charge is 2.26. The molecule has 1 saturated carbocycles. The van der Waals surface area contributed by atoms with E-state index in [0.717, 1.165) is 19.4 Å². The van der Waals surface area contributed by atoms with Crippen molar-refractivity contribution in [1.29, 1.82) is 0 Å². The van der Waals surface area contributed by atoms with Crippen LogP contribution in [0.15, 0.2) is 12.7 Å². The van der Waals surface area contributed by atoms with Crippen molar-refractivity contribution in [3.63, 3.8) is 0 Å². The summed E-state index contributed by atoms with van der Waals surface area (Å²) in [4.78, 5) is 2.41. The predicted molar refractivity (Wildman–Crippen MR) is 71.5 cm³/mol. The molecule has 0 aliphatic heterocycles. The zero-order chi connectivity index (χ0) is 11.9. The fraction of sp³-hybridized carbons (Fsp3) is 0.857. The van der Waals surface area contributed by atoms with Gasteiger partial charge in [-0.25, -0.2) is 0 Å². The van der Waals surface area contributed by atoms with Gasteiger partial charge in [0.15, 0.2) is 0 Å². The molecule has 0 amide bonds. The average molecular weight is 224 g/mol. The van der Waals surface area contributed by atoms with E-state index in [-0.39, 0.29) is 5.54 Å². The van der Waals surface area contributed by atoms with Crippen LogP contribution in [0.4, 0.5) is 0 Å². The minimum Gasteiger partial charge on any atom is -0.325 e. The first-order valence-electron chi connectivity index (χ1n) is 6.75. The molecule has 94 valence electrons. The van der Waals surface area contributed by atoms with Crippen LogP contribution in [0.25, 0.3) is 0 Å². The number of hydrogen-bond acceptors (Lipinski definition) is 2. The van der Waals surface area contributed by atoms with Crippen molar-refractivity contribution in [3.8, 4) is 0 Å². The molecule has 1 aliphatic carbocycles. The third-order valence-electron chi connectivity index (χ3n) is 3.79. The lowest BCUT2D eigenvalue weighted by Crippen LogP contribution is -2.44. The van der Waals surface area contributed by atoms with E-state index < -0.39 is 0 Å². The Balaban J connectivity index is 2.14. The summed E-state index contributed by atoms with van der Waals surface area (Å²) >= 11 is 0. The van der Waals surface area contributed by atoms with Crippen LogP contribution in [-0.2, 0) is 0 Å². The van der Waals surface area contributed by atoms with Gasteiger partial charge in [0.1, 0.15) is 0 Å². The molecule has 2 nitrogen and oxygen atoms in total. The lowest BCUT2D eigenvalue weighted by atomic mass is 9.80. The van der Waals surface area contributed by atoms with Crippen LogP contribution in [0.1, 0.15) is 51.4 Å². The van der Waals surface area contributed by atoms with Crippen molar-refractivity contribution >= 4 is 0 Å². The molecule has 0 aromatic heterocycles. The molecule has 1 fully saturated rings. The summed E-state index contributed by atoms with van der Waals surface area (Å²) in [5, 5.41) is 0. The van der Waals surface area contributed by atoms with Gasteiger partial charge in [-0.05, 0) is 52.2 Å². The summed E-state index contributed by atoms with van der Waals surface area (Å²) in [7, 11) is 2.20. The number of hydrogen-bond donors (Lipinski definition) is 1. The van der Waals surface area contributed by atoms with Gasteiger partial charge in [0.25, 0.3) is 0 Å². The summed E-state index contributed by atoms with van der Waals surface area (Å²) in [6.45, 7) is 6.06. The van der Waals surface area contributed by atoms with E-state index in [1.807, 2.05) is 6.08 Å². The molecule has 0 unspecified atom stereocenters. The third-order valence-corrected chi connectivity index (χ3v) is 3.79. The average Bonchev–Trinajstić information content (AvgIpc) is 2.28. The van der Waals surface area contributed by atoms with Gasteiger partial charge in [0.2, 0.25) is 0 Å². The van der Waals surface area contributed by atoms with Gasteiger partial charge >= 0.3 is 0 Å². The van der Waals surface area contributed by atoms with E-state index in [1.165, 1.54) is 45.1 Å². The maximum absolute atomic E-state index is 6.42. The smallest absolute Gasteiger partial charge is 0.0166 e. The summed E-state index contributed by atoms with van der Waals surface area (Å²) in [6, 6.07) is 0. The van der Waals surface area contributed by atoms with E-state index in [1.54, 1.807) is 0 Å². The standard InChI is InChI=1S/C14H28N2/c1-3-4-8-12-16(2)13-11-14(15)9-6-5-7-10-14/h3H,1,4-13,15H2,2H3. The quantitative estimate of drug-likeness (QED) is 0.532. The van der Waals surface area contributed by atoms with Gasteiger partial charge in [0, 0.05) is 5.54 Å². The van der Waals surface area contributed by atoms with E-state index >= 15 is 0 Å². The van der Waals surface area contributed by atoms with Gasteiger partial charge in [-0.1, -0.05) is 25.3 Å². The minimum absolute atomic E-state index is 0.144. The van der Waals surface area contributed by atoms with Crippen LogP contribution in [-0.4, -0.2) is 30.6 Å². The van der Waals surface area contributed by atoms with Gasteiger partial charge in [-0.15, -0.1) is 6.58 Å². The van der Waals surface area contributed by atoms with Crippen molar-refractivity contribution in [2.24, 2.45) is 5.73 Å². The molecule has 0 atom stereocenters. The molecule has 0 bridgehead atoms.